The van der Waals surface area contributed by atoms with Crippen molar-refractivity contribution in [3.63, 3.8) is 0 Å². The van der Waals surface area contributed by atoms with Gasteiger partial charge in [-0.25, -0.2) is 0 Å². The van der Waals surface area contributed by atoms with E-state index in [1.807, 2.05) is 0 Å². The molecule has 1 fully saturated rings. The number of piperidine rings is 1. The second kappa shape index (κ2) is 5.55. The molecule has 1 heterocycles. The number of nitrogens with zero attached hydrogens (tertiary/aromatic N) is 2. The third-order valence-corrected chi connectivity index (χ3v) is 4.24. The number of halogens is 2. The van der Waals surface area contributed by atoms with E-state index in [0.717, 1.165) is 12.8 Å². The van der Waals surface area contributed by atoms with Gasteiger partial charge in [0.25, 0.3) is 5.69 Å². The number of non-ortho nitro benzene ring substituents is 1. The highest BCUT2D eigenvalue weighted by Gasteiger charge is 2.29. The highest BCUT2D eigenvalue weighted by Crippen LogP contribution is 2.41. The van der Waals surface area contributed by atoms with Gasteiger partial charge in [0.15, 0.2) is 0 Å². The lowest BCUT2D eigenvalue weighted by Crippen LogP contribution is -2.44. The van der Waals surface area contributed by atoms with E-state index in [0.29, 0.717) is 27.8 Å². The van der Waals surface area contributed by atoms with Crippen molar-refractivity contribution >= 4 is 34.6 Å². The van der Waals surface area contributed by atoms with E-state index >= 15 is 0 Å². The average molecular weight is 303 g/mol. The third-order valence-electron chi connectivity index (χ3n) is 3.66. The lowest BCUT2D eigenvalue weighted by molar-refractivity contribution is -0.384. The van der Waals surface area contributed by atoms with Crippen LogP contribution in [0.1, 0.15) is 33.1 Å². The largest absolute Gasteiger partial charge is 0.364 e. The first-order chi connectivity index (χ1) is 8.91. The molecule has 0 N–H and O–H groups in total. The van der Waals surface area contributed by atoms with Crippen molar-refractivity contribution in [3.05, 3.63) is 32.3 Å². The van der Waals surface area contributed by atoms with E-state index in [9.17, 15) is 10.1 Å². The van der Waals surface area contributed by atoms with Crippen molar-refractivity contribution in [1.82, 2.24) is 0 Å². The van der Waals surface area contributed by atoms with Gasteiger partial charge < -0.3 is 4.90 Å². The van der Waals surface area contributed by atoms with Crippen LogP contribution in [0, 0.1) is 10.1 Å². The summed E-state index contributed by atoms with van der Waals surface area (Å²) in [4.78, 5) is 12.5. The fourth-order valence-corrected chi connectivity index (χ4v) is 3.44. The molecule has 0 aliphatic carbocycles. The molecule has 19 heavy (non-hydrogen) atoms. The van der Waals surface area contributed by atoms with Crippen molar-refractivity contribution in [2.75, 3.05) is 4.90 Å². The number of hydrogen-bond acceptors (Lipinski definition) is 3. The number of anilines is 1. The molecule has 0 bridgehead atoms. The average Bonchev–Trinajstić information content (AvgIpc) is 2.31. The molecule has 2 unspecified atom stereocenters. The Morgan fingerprint density at radius 2 is 1.68 bits per heavy atom. The van der Waals surface area contributed by atoms with Crippen LogP contribution < -0.4 is 4.90 Å². The van der Waals surface area contributed by atoms with Crippen molar-refractivity contribution in [1.29, 1.82) is 0 Å². The first kappa shape index (κ1) is 14.4. The maximum Gasteiger partial charge on any atom is 0.272 e. The summed E-state index contributed by atoms with van der Waals surface area (Å²) < 4.78 is 0. The summed E-state index contributed by atoms with van der Waals surface area (Å²) in [5.74, 6) is 0. The molecule has 1 saturated heterocycles. The minimum atomic E-state index is -0.482. The normalized spacial score (nSPS) is 23.5. The van der Waals surface area contributed by atoms with Crippen LogP contribution in [0.15, 0.2) is 12.1 Å². The quantitative estimate of drug-likeness (QED) is 0.589. The van der Waals surface area contributed by atoms with Crippen molar-refractivity contribution in [2.45, 2.75) is 45.2 Å². The molecule has 6 heteroatoms. The summed E-state index contributed by atoms with van der Waals surface area (Å²) in [5.41, 5.74) is 0.643. The molecule has 104 valence electrons. The van der Waals surface area contributed by atoms with Gasteiger partial charge in [0.2, 0.25) is 0 Å². The standard InChI is InChI=1S/C13H16Cl2N2O2/c1-8-4-3-5-9(2)16(8)13-11(14)6-10(17(18)19)7-12(13)15/h6-9H,3-5H2,1-2H3. The molecule has 0 amide bonds. The predicted molar refractivity (Wildman–Crippen MR) is 78.4 cm³/mol. The van der Waals surface area contributed by atoms with Gasteiger partial charge in [0, 0.05) is 24.2 Å². The van der Waals surface area contributed by atoms with Crippen LogP contribution in [0.25, 0.3) is 0 Å². The van der Waals surface area contributed by atoms with Crippen molar-refractivity contribution in [2.24, 2.45) is 0 Å². The number of nitro benzene ring substituents is 1. The highest BCUT2D eigenvalue weighted by atomic mass is 35.5. The minimum absolute atomic E-state index is 0.0731. The summed E-state index contributed by atoms with van der Waals surface area (Å²) in [6.07, 6.45) is 3.34. The highest BCUT2D eigenvalue weighted by molar-refractivity contribution is 6.39. The molecular formula is C13H16Cl2N2O2. The fraction of sp³-hybridized carbons (Fsp3) is 0.538. The Labute approximate surface area is 122 Å². The smallest absolute Gasteiger partial charge is 0.272 e. The molecular weight excluding hydrogens is 287 g/mol. The van der Waals surface area contributed by atoms with Crippen LogP contribution in [0.2, 0.25) is 10.0 Å². The van der Waals surface area contributed by atoms with E-state index < -0.39 is 4.92 Å². The zero-order chi connectivity index (χ0) is 14.2. The molecule has 0 aromatic heterocycles. The number of rotatable bonds is 2. The van der Waals surface area contributed by atoms with E-state index in [2.05, 4.69) is 18.7 Å². The lowest BCUT2D eigenvalue weighted by Gasteiger charge is -2.41. The van der Waals surface area contributed by atoms with Gasteiger partial charge in [-0.1, -0.05) is 23.2 Å². The molecule has 2 atom stereocenters. The van der Waals surface area contributed by atoms with Crippen LogP contribution in [0.3, 0.4) is 0 Å². The van der Waals surface area contributed by atoms with Crippen molar-refractivity contribution in [3.8, 4) is 0 Å². The molecule has 1 aromatic carbocycles. The first-order valence-electron chi connectivity index (χ1n) is 6.33. The van der Waals surface area contributed by atoms with Gasteiger partial charge in [-0.3, -0.25) is 10.1 Å². The second-order valence-corrected chi connectivity index (χ2v) is 5.87. The van der Waals surface area contributed by atoms with Crippen LogP contribution in [0.5, 0.6) is 0 Å². The number of benzene rings is 1. The summed E-state index contributed by atoms with van der Waals surface area (Å²) in [6, 6.07) is 3.41. The minimum Gasteiger partial charge on any atom is -0.364 e. The Morgan fingerprint density at radius 1 is 1.21 bits per heavy atom. The maximum absolute atomic E-state index is 10.8. The summed E-state index contributed by atoms with van der Waals surface area (Å²) >= 11 is 12.4. The van der Waals surface area contributed by atoms with E-state index in [-0.39, 0.29) is 5.69 Å². The van der Waals surface area contributed by atoms with E-state index in [1.165, 1.54) is 18.6 Å². The zero-order valence-electron chi connectivity index (χ0n) is 10.9. The molecule has 0 radical (unpaired) electrons. The first-order valence-corrected chi connectivity index (χ1v) is 7.09. The SMILES string of the molecule is CC1CCCC(C)N1c1c(Cl)cc([N+](=O)[O-])cc1Cl. The number of hydrogen-bond donors (Lipinski definition) is 0. The second-order valence-electron chi connectivity index (χ2n) is 5.05. The van der Waals surface area contributed by atoms with Gasteiger partial charge >= 0.3 is 0 Å². The Bertz CT molecular complexity index is 474. The van der Waals surface area contributed by atoms with Crippen LogP contribution in [-0.4, -0.2) is 17.0 Å². The Hall–Kier alpha value is -1.00. The van der Waals surface area contributed by atoms with Crippen LogP contribution in [0.4, 0.5) is 11.4 Å². The Balaban J connectivity index is 2.47. The molecule has 1 aliphatic heterocycles. The monoisotopic (exact) mass is 302 g/mol. The fourth-order valence-electron chi connectivity index (χ4n) is 2.77. The van der Waals surface area contributed by atoms with Crippen LogP contribution >= 0.6 is 23.2 Å². The molecule has 1 aromatic rings. The summed E-state index contributed by atoms with van der Waals surface area (Å²) in [5, 5.41) is 11.5. The topological polar surface area (TPSA) is 46.4 Å². The van der Waals surface area contributed by atoms with Gasteiger partial charge in [-0.2, -0.15) is 0 Å². The summed E-state index contributed by atoms with van der Waals surface area (Å²) in [7, 11) is 0. The third kappa shape index (κ3) is 2.79. The Morgan fingerprint density at radius 3 is 2.11 bits per heavy atom. The number of nitro groups is 1. The van der Waals surface area contributed by atoms with Gasteiger partial charge in [0.05, 0.1) is 20.7 Å². The van der Waals surface area contributed by atoms with Crippen LogP contribution in [-0.2, 0) is 0 Å². The summed E-state index contributed by atoms with van der Waals surface area (Å²) in [6.45, 7) is 4.26. The maximum atomic E-state index is 10.8. The van der Waals surface area contributed by atoms with Gasteiger partial charge in [-0.05, 0) is 33.1 Å². The van der Waals surface area contributed by atoms with Gasteiger partial charge in [0.1, 0.15) is 0 Å². The molecule has 0 spiro atoms. The predicted octanol–water partition coefficient (Wildman–Crippen LogP) is 4.67. The van der Waals surface area contributed by atoms with Crippen molar-refractivity contribution < 1.29 is 4.92 Å². The zero-order valence-corrected chi connectivity index (χ0v) is 12.4. The Kier molecular flexibility index (Phi) is 4.21. The lowest BCUT2D eigenvalue weighted by atomic mass is 9.96. The molecule has 2 rings (SSSR count). The van der Waals surface area contributed by atoms with E-state index in [1.54, 1.807) is 0 Å². The molecule has 1 aliphatic rings. The van der Waals surface area contributed by atoms with E-state index in [4.69, 9.17) is 23.2 Å². The molecule has 4 nitrogen and oxygen atoms in total. The van der Waals surface area contributed by atoms with Gasteiger partial charge in [-0.15, -0.1) is 0 Å². The molecule has 0 saturated carbocycles.